The molecule has 1 aromatic heterocycles. The second-order valence-electron chi connectivity index (χ2n) is 4.55. The van der Waals surface area contributed by atoms with E-state index >= 15 is 0 Å². The van der Waals surface area contributed by atoms with E-state index in [0.29, 0.717) is 28.5 Å². The summed E-state index contributed by atoms with van der Waals surface area (Å²) in [5.74, 6) is 1.41. The molecule has 0 saturated carbocycles. The Morgan fingerprint density at radius 2 is 1.92 bits per heavy atom. The Morgan fingerprint density at radius 3 is 2.46 bits per heavy atom. The summed E-state index contributed by atoms with van der Waals surface area (Å²) in [5.41, 5.74) is 0.685. The minimum Gasteiger partial charge on any atom is -0.496 e. The van der Waals surface area contributed by atoms with E-state index in [2.05, 4.69) is 5.32 Å². The first kappa shape index (κ1) is 16.6. The summed E-state index contributed by atoms with van der Waals surface area (Å²) in [5, 5.41) is 38.6. The monoisotopic (exact) mass is 320 g/mol. The number of methoxy groups -OCH3 is 1. The summed E-state index contributed by atoms with van der Waals surface area (Å²) in [6, 6.07) is 13.4. The van der Waals surface area contributed by atoms with Gasteiger partial charge in [-0.2, -0.15) is 15.8 Å². The molecule has 24 heavy (non-hydrogen) atoms. The first-order valence-electron chi connectivity index (χ1n) is 6.76. The SMILES string of the molecule is COc1cc(NC(C#N)=C(C#N)C#N)ccc1-c1ccc(CO)o1. The molecule has 0 saturated heterocycles. The summed E-state index contributed by atoms with van der Waals surface area (Å²) >= 11 is 0. The Morgan fingerprint density at radius 1 is 1.17 bits per heavy atom. The molecule has 0 aliphatic rings. The molecule has 0 unspecified atom stereocenters. The average Bonchev–Trinajstić information content (AvgIpc) is 3.10. The topological polar surface area (TPSA) is 126 Å². The lowest BCUT2D eigenvalue weighted by Gasteiger charge is -2.10. The Hall–Kier alpha value is -3.73. The summed E-state index contributed by atoms with van der Waals surface area (Å²) in [6.07, 6.45) is 0. The minimum absolute atomic E-state index is 0.143. The van der Waals surface area contributed by atoms with Gasteiger partial charge in [-0.3, -0.25) is 0 Å². The molecule has 0 atom stereocenters. The molecule has 118 valence electrons. The van der Waals surface area contributed by atoms with Crippen LogP contribution in [0.5, 0.6) is 5.75 Å². The first-order chi connectivity index (χ1) is 11.7. The molecule has 2 rings (SSSR count). The zero-order valence-corrected chi connectivity index (χ0v) is 12.7. The number of ether oxygens (including phenoxy) is 1. The second-order valence-corrected chi connectivity index (χ2v) is 4.55. The van der Waals surface area contributed by atoms with Crippen molar-refractivity contribution in [1.82, 2.24) is 0 Å². The van der Waals surface area contributed by atoms with E-state index in [1.165, 1.54) is 7.11 Å². The fraction of sp³-hybridized carbons (Fsp3) is 0.118. The number of allylic oxidation sites excluding steroid dienone is 2. The van der Waals surface area contributed by atoms with Crippen LogP contribution in [0.2, 0.25) is 0 Å². The maximum Gasteiger partial charge on any atom is 0.163 e. The third kappa shape index (κ3) is 3.36. The zero-order chi connectivity index (χ0) is 17.5. The van der Waals surface area contributed by atoms with Crippen LogP contribution in [-0.2, 0) is 6.61 Å². The summed E-state index contributed by atoms with van der Waals surface area (Å²) in [4.78, 5) is 0. The van der Waals surface area contributed by atoms with Gasteiger partial charge in [0.15, 0.2) is 5.57 Å². The number of nitriles is 3. The highest BCUT2D eigenvalue weighted by atomic mass is 16.5. The number of furan rings is 1. The highest BCUT2D eigenvalue weighted by Crippen LogP contribution is 2.34. The molecular weight excluding hydrogens is 308 g/mol. The number of hydrogen-bond acceptors (Lipinski definition) is 7. The molecule has 0 aliphatic heterocycles. The fourth-order valence-electron chi connectivity index (χ4n) is 2.01. The molecule has 7 heteroatoms. The predicted molar refractivity (Wildman–Crippen MR) is 84.1 cm³/mol. The molecule has 1 aromatic carbocycles. The lowest BCUT2D eigenvalue weighted by atomic mass is 10.1. The van der Waals surface area contributed by atoms with Crippen LogP contribution in [0.15, 0.2) is 46.0 Å². The highest BCUT2D eigenvalue weighted by molar-refractivity contribution is 5.71. The maximum atomic E-state index is 9.07. The van der Waals surface area contributed by atoms with E-state index in [4.69, 9.17) is 30.0 Å². The van der Waals surface area contributed by atoms with Crippen LogP contribution in [0.25, 0.3) is 11.3 Å². The van der Waals surface area contributed by atoms with E-state index in [0.717, 1.165) is 0 Å². The average molecular weight is 320 g/mol. The standard InChI is InChI=1S/C17H12N4O3/c1-23-17-6-12(21-15(9-20)11(7-18)8-19)2-4-14(17)16-5-3-13(10-22)24-16/h2-6,21-22H,10H2,1H3. The number of benzene rings is 1. The van der Waals surface area contributed by atoms with Crippen LogP contribution in [0.3, 0.4) is 0 Å². The van der Waals surface area contributed by atoms with Crippen molar-refractivity contribution in [3.8, 4) is 35.3 Å². The van der Waals surface area contributed by atoms with Crippen molar-refractivity contribution >= 4 is 5.69 Å². The first-order valence-corrected chi connectivity index (χ1v) is 6.76. The van der Waals surface area contributed by atoms with Crippen molar-refractivity contribution < 1.29 is 14.3 Å². The zero-order valence-electron chi connectivity index (χ0n) is 12.7. The van der Waals surface area contributed by atoms with E-state index in [1.54, 1.807) is 48.5 Å². The third-order valence-corrected chi connectivity index (χ3v) is 3.14. The van der Waals surface area contributed by atoms with Crippen LogP contribution in [0.1, 0.15) is 5.76 Å². The number of rotatable bonds is 5. The number of nitrogens with one attached hydrogen (secondary N) is 1. The molecule has 2 aromatic rings. The molecule has 0 radical (unpaired) electrons. The van der Waals surface area contributed by atoms with Gasteiger partial charge in [0, 0.05) is 11.8 Å². The van der Waals surface area contributed by atoms with Gasteiger partial charge in [-0.1, -0.05) is 0 Å². The Kier molecular flexibility index (Phi) is 5.20. The van der Waals surface area contributed by atoms with E-state index in [9.17, 15) is 0 Å². The molecule has 0 fully saturated rings. The minimum atomic E-state index is -0.306. The Balaban J connectivity index is 2.40. The molecule has 1 heterocycles. The molecular formula is C17H12N4O3. The largest absolute Gasteiger partial charge is 0.496 e. The second kappa shape index (κ2) is 7.51. The van der Waals surface area contributed by atoms with Crippen molar-refractivity contribution in [2.75, 3.05) is 12.4 Å². The van der Waals surface area contributed by atoms with Crippen molar-refractivity contribution in [1.29, 1.82) is 15.8 Å². The van der Waals surface area contributed by atoms with E-state index in [1.807, 2.05) is 0 Å². The number of nitrogens with zero attached hydrogens (tertiary/aromatic N) is 3. The number of aliphatic hydroxyl groups is 1. The predicted octanol–water partition coefficient (Wildman–Crippen LogP) is 2.68. The van der Waals surface area contributed by atoms with E-state index < -0.39 is 0 Å². The van der Waals surface area contributed by atoms with Gasteiger partial charge in [-0.15, -0.1) is 0 Å². The fourth-order valence-corrected chi connectivity index (χ4v) is 2.01. The summed E-state index contributed by atoms with van der Waals surface area (Å²) < 4.78 is 10.8. The molecule has 0 spiro atoms. The number of aliphatic hydroxyl groups excluding tert-OH is 1. The molecule has 0 amide bonds. The maximum absolute atomic E-state index is 9.07. The van der Waals surface area contributed by atoms with Crippen LogP contribution >= 0.6 is 0 Å². The van der Waals surface area contributed by atoms with Gasteiger partial charge in [0.2, 0.25) is 0 Å². The van der Waals surface area contributed by atoms with Crippen molar-refractivity contribution in [3.05, 3.63) is 47.4 Å². The third-order valence-electron chi connectivity index (χ3n) is 3.14. The molecule has 0 bridgehead atoms. The van der Waals surface area contributed by atoms with Gasteiger partial charge < -0.3 is 19.6 Å². The van der Waals surface area contributed by atoms with Crippen molar-refractivity contribution in [2.45, 2.75) is 6.61 Å². The van der Waals surface area contributed by atoms with Crippen LogP contribution in [0.4, 0.5) is 5.69 Å². The van der Waals surface area contributed by atoms with Gasteiger partial charge in [-0.25, -0.2) is 0 Å². The smallest absolute Gasteiger partial charge is 0.163 e. The van der Waals surface area contributed by atoms with Crippen molar-refractivity contribution in [2.24, 2.45) is 0 Å². The lowest BCUT2D eigenvalue weighted by Crippen LogP contribution is -2.01. The summed E-state index contributed by atoms with van der Waals surface area (Å²) in [6.45, 7) is -0.205. The number of anilines is 1. The van der Waals surface area contributed by atoms with Gasteiger partial charge >= 0.3 is 0 Å². The van der Waals surface area contributed by atoms with Gasteiger partial charge in [0.05, 0.1) is 12.7 Å². The van der Waals surface area contributed by atoms with Crippen molar-refractivity contribution in [3.63, 3.8) is 0 Å². The molecule has 7 nitrogen and oxygen atoms in total. The van der Waals surface area contributed by atoms with Gasteiger partial charge in [0.25, 0.3) is 0 Å². The van der Waals surface area contributed by atoms with Crippen LogP contribution < -0.4 is 10.1 Å². The Bertz CT molecular complexity index is 891. The highest BCUT2D eigenvalue weighted by Gasteiger charge is 2.13. The molecule has 0 aliphatic carbocycles. The number of hydrogen-bond donors (Lipinski definition) is 2. The normalized spacial score (nSPS) is 9.29. The quantitative estimate of drug-likeness (QED) is 0.811. The van der Waals surface area contributed by atoms with Crippen LogP contribution in [-0.4, -0.2) is 12.2 Å². The Labute approximate surface area is 138 Å². The van der Waals surface area contributed by atoms with Gasteiger partial charge in [-0.05, 0) is 24.3 Å². The molecule has 2 N–H and O–H groups in total. The van der Waals surface area contributed by atoms with Crippen LogP contribution in [0, 0.1) is 34.0 Å². The summed E-state index contributed by atoms with van der Waals surface area (Å²) in [7, 11) is 1.48. The van der Waals surface area contributed by atoms with E-state index in [-0.39, 0.29) is 17.9 Å². The van der Waals surface area contributed by atoms with Gasteiger partial charge in [0.1, 0.15) is 47.8 Å². The lowest BCUT2D eigenvalue weighted by molar-refractivity contribution is 0.248.